The summed E-state index contributed by atoms with van der Waals surface area (Å²) in [5.41, 5.74) is 1.50. The molecule has 1 atom stereocenters. The van der Waals surface area contributed by atoms with Gasteiger partial charge in [-0.25, -0.2) is 4.39 Å². The van der Waals surface area contributed by atoms with Crippen molar-refractivity contribution < 1.29 is 18.8 Å². The van der Waals surface area contributed by atoms with E-state index < -0.39 is 12.8 Å². The first-order valence-electron chi connectivity index (χ1n) is 9.40. The zero-order valence-corrected chi connectivity index (χ0v) is 16.2. The smallest absolute Gasteiger partial charge is 0.399 e. The number of aliphatic hydroxyl groups excluding tert-OH is 1. The van der Waals surface area contributed by atoms with Crippen molar-refractivity contribution in [3.05, 3.63) is 24.3 Å². The van der Waals surface area contributed by atoms with Crippen LogP contribution < -0.4 is 10.4 Å². The molecule has 0 saturated carbocycles. The van der Waals surface area contributed by atoms with Gasteiger partial charge in [-0.2, -0.15) is 0 Å². The van der Waals surface area contributed by atoms with E-state index in [1.807, 2.05) is 0 Å². The quantitative estimate of drug-likeness (QED) is 0.802. The van der Waals surface area contributed by atoms with Crippen LogP contribution in [-0.2, 0) is 9.31 Å². The molecule has 26 heavy (non-hydrogen) atoms. The third kappa shape index (κ3) is 4.06. The zero-order chi connectivity index (χ0) is 18.9. The molecule has 2 heterocycles. The molecule has 2 aliphatic rings. The Hall–Kier alpha value is -1.15. The number of alkyl halides is 1. The molecule has 0 bridgehead atoms. The van der Waals surface area contributed by atoms with Crippen LogP contribution in [0.5, 0.6) is 0 Å². The van der Waals surface area contributed by atoms with E-state index in [2.05, 4.69) is 61.8 Å². The van der Waals surface area contributed by atoms with Crippen LogP contribution in [-0.4, -0.2) is 73.8 Å². The van der Waals surface area contributed by atoms with E-state index in [1.165, 1.54) is 0 Å². The lowest BCUT2D eigenvalue weighted by molar-refractivity contribution is 0.00578. The van der Waals surface area contributed by atoms with Crippen molar-refractivity contribution in [1.29, 1.82) is 0 Å². The van der Waals surface area contributed by atoms with Gasteiger partial charge < -0.3 is 19.3 Å². The van der Waals surface area contributed by atoms with E-state index in [9.17, 15) is 4.39 Å². The molecule has 0 aromatic heterocycles. The molecule has 2 aliphatic heterocycles. The molecule has 0 aliphatic carbocycles. The normalized spacial score (nSPS) is 24.1. The van der Waals surface area contributed by atoms with Crippen LogP contribution in [0.2, 0.25) is 0 Å². The minimum Gasteiger partial charge on any atom is -0.399 e. The predicted octanol–water partition coefficient (Wildman–Crippen LogP) is 1.44. The molecular formula is C19H30BFN2O3. The van der Waals surface area contributed by atoms with Crippen molar-refractivity contribution in [2.45, 2.75) is 45.1 Å². The van der Waals surface area contributed by atoms with Crippen LogP contribution >= 0.6 is 0 Å². The summed E-state index contributed by atoms with van der Waals surface area (Å²) in [4.78, 5) is 4.37. The zero-order valence-electron chi connectivity index (χ0n) is 16.2. The minimum absolute atomic E-state index is 0.311. The Bertz CT molecular complexity index is 587. The highest BCUT2D eigenvalue weighted by Gasteiger charge is 2.51. The van der Waals surface area contributed by atoms with Gasteiger partial charge in [-0.15, -0.1) is 0 Å². The molecular weight excluding hydrogens is 334 g/mol. The van der Waals surface area contributed by atoms with E-state index in [0.717, 1.165) is 37.3 Å². The fourth-order valence-corrected chi connectivity index (χ4v) is 3.35. The summed E-state index contributed by atoms with van der Waals surface area (Å²) in [5.74, 6) is 0. The SMILES string of the molecule is CC1(C)OB(c2ccc(N3CCN(CC(F)CO)CC3)cc2)OC1(C)C. The average Bonchev–Trinajstić information content (AvgIpc) is 2.83. The molecule has 3 rings (SSSR count). The molecule has 0 radical (unpaired) electrons. The molecule has 1 aromatic rings. The molecule has 1 aromatic carbocycles. The summed E-state index contributed by atoms with van der Waals surface area (Å²) < 4.78 is 25.5. The Kier molecular flexibility index (Phi) is 5.63. The van der Waals surface area contributed by atoms with E-state index in [1.54, 1.807) is 0 Å². The Morgan fingerprint density at radius 2 is 1.58 bits per heavy atom. The van der Waals surface area contributed by atoms with Gasteiger partial charge in [-0.3, -0.25) is 4.90 Å². The van der Waals surface area contributed by atoms with Crippen molar-refractivity contribution in [3.8, 4) is 0 Å². The van der Waals surface area contributed by atoms with Crippen molar-refractivity contribution in [1.82, 2.24) is 4.90 Å². The Morgan fingerprint density at radius 3 is 2.08 bits per heavy atom. The molecule has 2 saturated heterocycles. The third-order valence-electron chi connectivity index (χ3n) is 5.81. The summed E-state index contributed by atoms with van der Waals surface area (Å²) in [6.45, 7) is 11.4. The van der Waals surface area contributed by atoms with Gasteiger partial charge in [0.2, 0.25) is 0 Å². The monoisotopic (exact) mass is 364 g/mol. The number of hydrogen-bond donors (Lipinski definition) is 1. The highest BCUT2D eigenvalue weighted by Crippen LogP contribution is 2.36. The van der Waals surface area contributed by atoms with Crippen LogP contribution in [0.1, 0.15) is 27.7 Å². The fourth-order valence-electron chi connectivity index (χ4n) is 3.35. The van der Waals surface area contributed by atoms with Gasteiger partial charge in [0.05, 0.1) is 17.8 Å². The van der Waals surface area contributed by atoms with Crippen LogP contribution in [0.25, 0.3) is 0 Å². The second-order valence-corrected chi connectivity index (χ2v) is 8.25. The number of nitrogens with zero attached hydrogens (tertiary/aromatic N) is 2. The molecule has 5 nitrogen and oxygen atoms in total. The lowest BCUT2D eigenvalue weighted by atomic mass is 9.79. The van der Waals surface area contributed by atoms with Gasteiger partial charge >= 0.3 is 7.12 Å². The Labute approximate surface area is 156 Å². The van der Waals surface area contributed by atoms with Gasteiger partial charge in [0.25, 0.3) is 0 Å². The highest BCUT2D eigenvalue weighted by atomic mass is 19.1. The molecule has 7 heteroatoms. The van der Waals surface area contributed by atoms with Crippen LogP contribution in [0.3, 0.4) is 0 Å². The number of rotatable bonds is 5. The maximum atomic E-state index is 13.3. The van der Waals surface area contributed by atoms with E-state index in [0.29, 0.717) is 6.54 Å². The molecule has 1 unspecified atom stereocenters. The number of anilines is 1. The average molecular weight is 364 g/mol. The largest absolute Gasteiger partial charge is 0.494 e. The molecule has 0 amide bonds. The molecule has 144 valence electrons. The molecule has 1 N–H and O–H groups in total. The van der Waals surface area contributed by atoms with Crippen molar-refractivity contribution >= 4 is 18.3 Å². The van der Waals surface area contributed by atoms with Crippen LogP contribution in [0.4, 0.5) is 10.1 Å². The maximum absolute atomic E-state index is 13.3. The number of hydrogen-bond acceptors (Lipinski definition) is 5. The van der Waals surface area contributed by atoms with Gasteiger partial charge in [-0.1, -0.05) is 12.1 Å². The lowest BCUT2D eigenvalue weighted by Gasteiger charge is -2.36. The minimum atomic E-state index is -1.15. The Balaban J connectivity index is 1.58. The summed E-state index contributed by atoms with van der Waals surface area (Å²) in [6.07, 6.45) is -1.15. The standard InChI is InChI=1S/C19H30BFN2O3/c1-18(2)19(3,4)26-20(25-18)15-5-7-17(8-6-15)23-11-9-22(10-12-23)13-16(21)14-24/h5-8,16,24H,9-14H2,1-4H3. The van der Waals surface area contributed by atoms with E-state index in [4.69, 9.17) is 14.4 Å². The first-order chi connectivity index (χ1) is 12.2. The molecule has 2 fully saturated rings. The highest BCUT2D eigenvalue weighted by molar-refractivity contribution is 6.62. The van der Waals surface area contributed by atoms with Gasteiger partial charge in [0.15, 0.2) is 0 Å². The summed E-state index contributed by atoms with van der Waals surface area (Å²) in [5, 5.41) is 8.84. The summed E-state index contributed by atoms with van der Waals surface area (Å²) in [6, 6.07) is 8.32. The van der Waals surface area contributed by atoms with Crippen LogP contribution in [0.15, 0.2) is 24.3 Å². The summed E-state index contributed by atoms with van der Waals surface area (Å²) in [7, 11) is -0.342. The fraction of sp³-hybridized carbons (Fsp3) is 0.684. The maximum Gasteiger partial charge on any atom is 0.494 e. The first-order valence-corrected chi connectivity index (χ1v) is 9.40. The van der Waals surface area contributed by atoms with E-state index >= 15 is 0 Å². The number of halogens is 1. The van der Waals surface area contributed by atoms with Crippen molar-refractivity contribution in [3.63, 3.8) is 0 Å². The van der Waals surface area contributed by atoms with Gasteiger partial charge in [0, 0.05) is 38.4 Å². The first kappa shape index (κ1) is 19.6. The topological polar surface area (TPSA) is 45.2 Å². The summed E-state index contributed by atoms with van der Waals surface area (Å²) >= 11 is 0. The van der Waals surface area contributed by atoms with Gasteiger partial charge in [-0.05, 0) is 45.3 Å². The third-order valence-corrected chi connectivity index (χ3v) is 5.81. The van der Waals surface area contributed by atoms with Crippen LogP contribution in [0, 0.1) is 0 Å². The lowest BCUT2D eigenvalue weighted by Crippen LogP contribution is -2.48. The number of aliphatic hydroxyl groups is 1. The van der Waals surface area contributed by atoms with E-state index in [-0.39, 0.29) is 18.3 Å². The Morgan fingerprint density at radius 1 is 1.04 bits per heavy atom. The predicted molar refractivity (Wildman–Crippen MR) is 103 cm³/mol. The number of benzene rings is 1. The van der Waals surface area contributed by atoms with Gasteiger partial charge in [0.1, 0.15) is 6.17 Å². The second kappa shape index (κ2) is 7.47. The molecule has 0 spiro atoms. The number of piperazine rings is 1. The van der Waals surface area contributed by atoms with Crippen molar-refractivity contribution in [2.24, 2.45) is 0 Å². The van der Waals surface area contributed by atoms with Crippen molar-refractivity contribution in [2.75, 3.05) is 44.2 Å². The second-order valence-electron chi connectivity index (χ2n) is 8.25.